The van der Waals surface area contributed by atoms with Gasteiger partial charge in [-0.05, 0) is 54.8 Å². The number of nitrogens with two attached hydrogens (primary N) is 1. The average molecular weight is 515 g/mol. The van der Waals surface area contributed by atoms with Gasteiger partial charge in [0.1, 0.15) is 23.1 Å². The van der Waals surface area contributed by atoms with E-state index in [1.165, 1.54) is 25.1 Å². The Balaban J connectivity index is 1.57. The van der Waals surface area contributed by atoms with Gasteiger partial charge in [-0.2, -0.15) is 0 Å². The van der Waals surface area contributed by atoms with E-state index in [-0.39, 0.29) is 27.5 Å². The molecular weight excluding hydrogens is 490 g/mol. The molecule has 0 saturated heterocycles. The van der Waals surface area contributed by atoms with Crippen molar-refractivity contribution in [3.63, 3.8) is 0 Å². The SMILES string of the molecule is CC(NC(=O)c1ccc(-c2nc(C3=CCOCC3)cnc2N)cc1F)c1cc(F)cc(S(C)(=O)=O)c1. The molecule has 0 saturated carbocycles. The van der Waals surface area contributed by atoms with Crippen molar-refractivity contribution < 1.29 is 26.7 Å². The Kier molecular flexibility index (Phi) is 7.14. The number of ether oxygens (including phenoxy) is 1. The van der Waals surface area contributed by atoms with Gasteiger partial charge < -0.3 is 15.8 Å². The summed E-state index contributed by atoms with van der Waals surface area (Å²) in [6.45, 7) is 2.58. The molecule has 2 heterocycles. The predicted molar refractivity (Wildman–Crippen MR) is 131 cm³/mol. The summed E-state index contributed by atoms with van der Waals surface area (Å²) in [5, 5.41) is 2.57. The molecule has 0 spiro atoms. The molecular formula is C25H24F2N4O4S. The number of rotatable bonds is 6. The van der Waals surface area contributed by atoms with E-state index in [9.17, 15) is 22.0 Å². The highest BCUT2D eigenvalue weighted by Crippen LogP contribution is 2.28. The van der Waals surface area contributed by atoms with Crippen molar-refractivity contribution in [2.75, 3.05) is 25.2 Å². The van der Waals surface area contributed by atoms with Crippen molar-refractivity contribution in [3.8, 4) is 11.3 Å². The van der Waals surface area contributed by atoms with Crippen molar-refractivity contribution in [2.45, 2.75) is 24.3 Å². The van der Waals surface area contributed by atoms with E-state index in [1.807, 2.05) is 6.08 Å². The van der Waals surface area contributed by atoms with Crippen molar-refractivity contribution in [2.24, 2.45) is 0 Å². The fourth-order valence-electron chi connectivity index (χ4n) is 3.78. The standard InChI is InChI=1S/C25H24F2N4O4S/c1-14(17-9-18(26)12-19(10-17)36(2,33)34)30-25(32)20-4-3-16(11-21(20)27)23-24(28)29-13-22(31-23)15-5-7-35-8-6-15/h3-5,9-14H,6-8H2,1-2H3,(H2,28,29)(H,30,32). The molecule has 0 aliphatic carbocycles. The van der Waals surface area contributed by atoms with Crippen LogP contribution in [0, 0.1) is 11.6 Å². The molecule has 1 atom stereocenters. The summed E-state index contributed by atoms with van der Waals surface area (Å²) < 4.78 is 57.9. The van der Waals surface area contributed by atoms with Crippen LogP contribution in [0.4, 0.5) is 14.6 Å². The highest BCUT2D eigenvalue weighted by Gasteiger charge is 2.20. The van der Waals surface area contributed by atoms with Crippen LogP contribution in [0.1, 0.15) is 41.0 Å². The zero-order valence-electron chi connectivity index (χ0n) is 19.6. The fraction of sp³-hybridized carbons (Fsp3) is 0.240. The Hall–Kier alpha value is -3.70. The second-order valence-corrected chi connectivity index (χ2v) is 10.4. The number of hydrogen-bond acceptors (Lipinski definition) is 7. The van der Waals surface area contributed by atoms with Crippen LogP contribution in [-0.2, 0) is 14.6 Å². The molecule has 11 heteroatoms. The molecule has 188 valence electrons. The molecule has 1 aromatic heterocycles. The number of nitrogens with zero attached hydrogens (tertiary/aromatic N) is 2. The molecule has 1 aliphatic rings. The van der Waals surface area contributed by atoms with Crippen LogP contribution in [0.2, 0.25) is 0 Å². The summed E-state index contributed by atoms with van der Waals surface area (Å²) in [4.78, 5) is 21.3. The number of aromatic nitrogens is 2. The van der Waals surface area contributed by atoms with E-state index in [4.69, 9.17) is 10.5 Å². The van der Waals surface area contributed by atoms with Crippen molar-refractivity contribution >= 4 is 27.1 Å². The van der Waals surface area contributed by atoms with E-state index in [0.29, 0.717) is 30.9 Å². The molecule has 1 amide bonds. The zero-order valence-corrected chi connectivity index (χ0v) is 20.4. The molecule has 0 radical (unpaired) electrons. The number of carbonyl (C=O) groups excluding carboxylic acids is 1. The quantitative estimate of drug-likeness (QED) is 0.514. The summed E-state index contributed by atoms with van der Waals surface area (Å²) in [6.07, 6.45) is 5.08. The lowest BCUT2D eigenvalue weighted by Gasteiger charge is -2.16. The molecule has 36 heavy (non-hydrogen) atoms. The number of hydrogen-bond donors (Lipinski definition) is 2. The van der Waals surface area contributed by atoms with E-state index in [1.54, 1.807) is 6.20 Å². The third-order valence-electron chi connectivity index (χ3n) is 5.75. The largest absolute Gasteiger partial charge is 0.382 e. The maximum absolute atomic E-state index is 15.0. The lowest BCUT2D eigenvalue weighted by atomic mass is 10.0. The summed E-state index contributed by atoms with van der Waals surface area (Å²) in [5.74, 6) is -2.21. The number of sulfone groups is 1. The van der Waals surface area contributed by atoms with E-state index < -0.39 is 33.4 Å². The van der Waals surface area contributed by atoms with Crippen molar-refractivity contribution in [3.05, 3.63) is 77.1 Å². The second kappa shape index (κ2) is 10.1. The molecule has 8 nitrogen and oxygen atoms in total. The number of anilines is 1. The first-order valence-electron chi connectivity index (χ1n) is 11.0. The molecule has 1 aliphatic heterocycles. The minimum absolute atomic E-state index is 0.115. The van der Waals surface area contributed by atoms with Gasteiger partial charge in [-0.25, -0.2) is 27.2 Å². The summed E-state index contributed by atoms with van der Waals surface area (Å²) in [5.41, 5.74) is 8.17. The lowest BCUT2D eigenvalue weighted by molar-refractivity contribution is 0.0935. The van der Waals surface area contributed by atoms with Gasteiger partial charge in [0.2, 0.25) is 0 Å². The smallest absolute Gasteiger partial charge is 0.254 e. The predicted octanol–water partition coefficient (Wildman–Crippen LogP) is 3.70. The Morgan fingerprint density at radius 3 is 2.64 bits per heavy atom. The highest BCUT2D eigenvalue weighted by molar-refractivity contribution is 7.90. The summed E-state index contributed by atoms with van der Waals surface area (Å²) in [7, 11) is -3.66. The van der Waals surface area contributed by atoms with Crippen LogP contribution >= 0.6 is 0 Å². The summed E-state index contributed by atoms with van der Waals surface area (Å²) >= 11 is 0. The first-order valence-corrected chi connectivity index (χ1v) is 12.9. The van der Waals surface area contributed by atoms with E-state index >= 15 is 0 Å². The van der Waals surface area contributed by atoms with Gasteiger partial charge in [0.25, 0.3) is 5.91 Å². The van der Waals surface area contributed by atoms with Crippen LogP contribution in [0.5, 0.6) is 0 Å². The topological polar surface area (TPSA) is 124 Å². The maximum Gasteiger partial charge on any atom is 0.254 e. The Labute approximate surface area is 207 Å². The number of halogens is 2. The van der Waals surface area contributed by atoms with Crippen LogP contribution < -0.4 is 11.1 Å². The number of carbonyl (C=O) groups is 1. The first-order chi connectivity index (χ1) is 17.0. The Bertz CT molecular complexity index is 1470. The van der Waals surface area contributed by atoms with E-state index in [2.05, 4.69) is 15.3 Å². The van der Waals surface area contributed by atoms with Crippen molar-refractivity contribution in [1.82, 2.24) is 15.3 Å². The molecule has 0 fully saturated rings. The minimum Gasteiger partial charge on any atom is -0.382 e. The first kappa shape index (κ1) is 25.4. The zero-order chi connectivity index (χ0) is 26.0. The minimum atomic E-state index is -3.66. The Morgan fingerprint density at radius 1 is 1.19 bits per heavy atom. The Morgan fingerprint density at radius 2 is 1.97 bits per heavy atom. The number of benzene rings is 2. The molecule has 4 rings (SSSR count). The fourth-order valence-corrected chi connectivity index (χ4v) is 4.45. The van der Waals surface area contributed by atoms with Gasteiger partial charge in [-0.15, -0.1) is 0 Å². The van der Waals surface area contributed by atoms with Crippen LogP contribution in [0.3, 0.4) is 0 Å². The molecule has 2 aromatic carbocycles. The van der Waals surface area contributed by atoms with Crippen molar-refractivity contribution in [1.29, 1.82) is 0 Å². The molecule has 3 aromatic rings. The lowest BCUT2D eigenvalue weighted by Crippen LogP contribution is -2.27. The second-order valence-electron chi connectivity index (χ2n) is 8.43. The third-order valence-corrected chi connectivity index (χ3v) is 6.84. The number of nitrogen functional groups attached to an aromatic ring is 1. The van der Waals surface area contributed by atoms with Gasteiger partial charge in [0.05, 0.1) is 41.6 Å². The highest BCUT2D eigenvalue weighted by atomic mass is 32.2. The van der Waals surface area contributed by atoms with Gasteiger partial charge in [-0.1, -0.05) is 12.1 Å². The summed E-state index contributed by atoms with van der Waals surface area (Å²) in [6, 6.07) is 6.43. The molecule has 0 bridgehead atoms. The van der Waals surface area contributed by atoms with Gasteiger partial charge in [0.15, 0.2) is 9.84 Å². The van der Waals surface area contributed by atoms with Crippen LogP contribution in [0.25, 0.3) is 16.8 Å². The van der Waals surface area contributed by atoms with Gasteiger partial charge >= 0.3 is 0 Å². The average Bonchev–Trinajstić information content (AvgIpc) is 2.83. The number of amides is 1. The third kappa shape index (κ3) is 5.58. The van der Waals surface area contributed by atoms with E-state index in [0.717, 1.165) is 30.0 Å². The van der Waals surface area contributed by atoms with Crippen LogP contribution in [-0.4, -0.2) is 43.8 Å². The molecule has 3 N–H and O–H groups in total. The molecule has 1 unspecified atom stereocenters. The normalized spacial score (nSPS) is 14.7. The van der Waals surface area contributed by atoms with Crippen LogP contribution in [0.15, 0.2) is 53.6 Å². The number of nitrogens with one attached hydrogen (secondary N) is 1. The van der Waals surface area contributed by atoms with Gasteiger partial charge in [-0.3, -0.25) is 4.79 Å². The maximum atomic E-state index is 15.0. The van der Waals surface area contributed by atoms with Gasteiger partial charge in [0, 0.05) is 11.8 Å². The monoisotopic (exact) mass is 514 g/mol.